The third-order valence-corrected chi connectivity index (χ3v) is 1.92. The Balaban J connectivity index is 2.67. The van der Waals surface area contributed by atoms with E-state index in [0.717, 1.165) is 5.56 Å². The molecule has 2 nitrogen and oxygen atoms in total. The second-order valence-corrected chi connectivity index (χ2v) is 3.47. The van der Waals surface area contributed by atoms with Crippen molar-refractivity contribution in [1.82, 2.24) is 5.32 Å². The van der Waals surface area contributed by atoms with Crippen molar-refractivity contribution in [3.63, 3.8) is 0 Å². The van der Waals surface area contributed by atoms with Gasteiger partial charge in [-0.15, -0.1) is 0 Å². The highest BCUT2D eigenvalue weighted by Gasteiger charge is 2.09. The van der Waals surface area contributed by atoms with Crippen molar-refractivity contribution < 1.29 is 5.11 Å². The van der Waals surface area contributed by atoms with E-state index in [-0.39, 0.29) is 12.6 Å². The van der Waals surface area contributed by atoms with Crippen molar-refractivity contribution in [3.05, 3.63) is 35.9 Å². The maximum absolute atomic E-state index is 9.17. The lowest BCUT2D eigenvalue weighted by Crippen LogP contribution is -2.30. The Morgan fingerprint density at radius 2 is 1.85 bits per heavy atom. The molecule has 0 aliphatic rings. The van der Waals surface area contributed by atoms with Crippen molar-refractivity contribution in [3.8, 4) is 0 Å². The van der Waals surface area contributed by atoms with Gasteiger partial charge >= 0.3 is 0 Å². The molecular weight excluding hydrogens is 162 g/mol. The lowest BCUT2D eigenvalue weighted by molar-refractivity contribution is 0.237. The number of rotatable bonds is 4. The fraction of sp³-hybridized carbons (Fsp3) is 0.455. The molecule has 0 bridgehead atoms. The number of hydrogen-bond donors (Lipinski definition) is 2. The summed E-state index contributed by atoms with van der Waals surface area (Å²) in [7, 11) is 0. The van der Waals surface area contributed by atoms with E-state index in [1.54, 1.807) is 0 Å². The van der Waals surface area contributed by atoms with Crippen LogP contribution in [0, 0.1) is 0 Å². The molecule has 0 saturated carbocycles. The normalized spacial score (nSPS) is 13.2. The summed E-state index contributed by atoms with van der Waals surface area (Å²) >= 11 is 0. The van der Waals surface area contributed by atoms with Gasteiger partial charge in [0.1, 0.15) is 0 Å². The monoisotopic (exact) mass is 179 g/mol. The number of aliphatic hydroxyl groups excluding tert-OH is 1. The first-order valence-electron chi connectivity index (χ1n) is 4.66. The van der Waals surface area contributed by atoms with Crippen LogP contribution < -0.4 is 5.32 Å². The first-order valence-corrected chi connectivity index (χ1v) is 4.66. The Labute approximate surface area is 79.6 Å². The molecule has 0 amide bonds. The summed E-state index contributed by atoms with van der Waals surface area (Å²) in [6.45, 7) is 4.29. The molecule has 0 spiro atoms. The van der Waals surface area contributed by atoms with E-state index in [9.17, 15) is 0 Å². The van der Waals surface area contributed by atoms with Gasteiger partial charge in [0.05, 0.1) is 12.6 Å². The zero-order chi connectivity index (χ0) is 9.68. The second kappa shape index (κ2) is 5.00. The Bertz CT molecular complexity index is 233. The fourth-order valence-electron chi connectivity index (χ4n) is 1.34. The summed E-state index contributed by atoms with van der Waals surface area (Å²) in [6.07, 6.45) is 0. The van der Waals surface area contributed by atoms with Crippen molar-refractivity contribution in [1.29, 1.82) is 0 Å². The van der Waals surface area contributed by atoms with Crippen LogP contribution in [0.4, 0.5) is 0 Å². The molecule has 0 aliphatic heterocycles. The maximum atomic E-state index is 9.17. The summed E-state index contributed by atoms with van der Waals surface area (Å²) in [5.41, 5.74) is 1.14. The first kappa shape index (κ1) is 10.2. The molecule has 1 rings (SSSR count). The van der Waals surface area contributed by atoms with E-state index in [0.29, 0.717) is 6.04 Å². The highest BCUT2D eigenvalue weighted by molar-refractivity contribution is 5.18. The van der Waals surface area contributed by atoms with Crippen LogP contribution in [0.15, 0.2) is 30.3 Å². The van der Waals surface area contributed by atoms with Gasteiger partial charge in [0.2, 0.25) is 0 Å². The number of benzene rings is 1. The van der Waals surface area contributed by atoms with Gasteiger partial charge in [-0.2, -0.15) is 0 Å². The average molecular weight is 179 g/mol. The predicted octanol–water partition coefficient (Wildman–Crippen LogP) is 1.72. The van der Waals surface area contributed by atoms with Crippen molar-refractivity contribution in [2.24, 2.45) is 0 Å². The molecule has 0 radical (unpaired) electrons. The predicted molar refractivity (Wildman–Crippen MR) is 54.5 cm³/mol. The van der Waals surface area contributed by atoms with E-state index in [4.69, 9.17) is 5.11 Å². The van der Waals surface area contributed by atoms with Gasteiger partial charge in [0.25, 0.3) is 0 Å². The SMILES string of the molecule is CC(C)N[C@H](CO)c1ccccc1. The maximum Gasteiger partial charge on any atom is 0.0626 e. The minimum atomic E-state index is 0.0567. The molecule has 1 aromatic rings. The molecule has 13 heavy (non-hydrogen) atoms. The standard InChI is InChI=1S/C11H17NO/c1-9(2)12-11(8-13)10-6-4-3-5-7-10/h3-7,9,11-13H,8H2,1-2H3/t11-/m1/s1. The quantitative estimate of drug-likeness (QED) is 0.737. The zero-order valence-corrected chi connectivity index (χ0v) is 8.20. The summed E-state index contributed by atoms with van der Waals surface area (Å²) < 4.78 is 0. The fourth-order valence-corrected chi connectivity index (χ4v) is 1.34. The highest BCUT2D eigenvalue weighted by Crippen LogP contribution is 2.11. The Hall–Kier alpha value is -0.860. The molecule has 1 aromatic carbocycles. The largest absolute Gasteiger partial charge is 0.394 e. The molecule has 72 valence electrons. The Morgan fingerprint density at radius 1 is 1.23 bits per heavy atom. The van der Waals surface area contributed by atoms with Gasteiger partial charge in [-0.25, -0.2) is 0 Å². The van der Waals surface area contributed by atoms with E-state index >= 15 is 0 Å². The third-order valence-electron chi connectivity index (χ3n) is 1.92. The molecule has 0 unspecified atom stereocenters. The molecule has 1 atom stereocenters. The van der Waals surface area contributed by atoms with Crippen LogP contribution in [0.3, 0.4) is 0 Å². The number of nitrogens with one attached hydrogen (secondary N) is 1. The van der Waals surface area contributed by atoms with Crippen molar-refractivity contribution in [2.45, 2.75) is 25.9 Å². The average Bonchev–Trinajstić information content (AvgIpc) is 2.15. The Kier molecular flexibility index (Phi) is 3.93. The highest BCUT2D eigenvalue weighted by atomic mass is 16.3. The topological polar surface area (TPSA) is 32.3 Å². The minimum absolute atomic E-state index is 0.0567. The summed E-state index contributed by atoms with van der Waals surface area (Å²) in [5.74, 6) is 0. The number of hydrogen-bond acceptors (Lipinski definition) is 2. The molecule has 0 heterocycles. The third kappa shape index (κ3) is 3.17. The van der Waals surface area contributed by atoms with Crippen LogP contribution in [0.2, 0.25) is 0 Å². The van der Waals surface area contributed by atoms with Gasteiger partial charge in [-0.05, 0) is 5.56 Å². The molecule has 0 fully saturated rings. The zero-order valence-electron chi connectivity index (χ0n) is 8.20. The van der Waals surface area contributed by atoms with E-state index < -0.39 is 0 Å². The van der Waals surface area contributed by atoms with Crippen LogP contribution >= 0.6 is 0 Å². The van der Waals surface area contributed by atoms with Gasteiger partial charge in [-0.1, -0.05) is 44.2 Å². The van der Waals surface area contributed by atoms with Gasteiger partial charge in [0.15, 0.2) is 0 Å². The smallest absolute Gasteiger partial charge is 0.0626 e. The molecule has 0 aromatic heterocycles. The van der Waals surface area contributed by atoms with Crippen LogP contribution in [-0.2, 0) is 0 Å². The molecule has 0 saturated heterocycles. The van der Waals surface area contributed by atoms with Gasteiger partial charge in [-0.3, -0.25) is 0 Å². The van der Waals surface area contributed by atoms with Crippen LogP contribution in [0.25, 0.3) is 0 Å². The van der Waals surface area contributed by atoms with Crippen LogP contribution in [-0.4, -0.2) is 17.8 Å². The summed E-state index contributed by atoms with van der Waals surface area (Å²) in [5, 5.41) is 12.5. The Morgan fingerprint density at radius 3 is 2.31 bits per heavy atom. The molecule has 2 heteroatoms. The van der Waals surface area contributed by atoms with Crippen LogP contribution in [0.5, 0.6) is 0 Å². The second-order valence-electron chi connectivity index (χ2n) is 3.47. The summed E-state index contributed by atoms with van der Waals surface area (Å²) in [4.78, 5) is 0. The van der Waals surface area contributed by atoms with E-state index in [2.05, 4.69) is 19.2 Å². The minimum Gasteiger partial charge on any atom is -0.394 e. The van der Waals surface area contributed by atoms with Gasteiger partial charge in [0, 0.05) is 6.04 Å². The number of aliphatic hydroxyl groups is 1. The van der Waals surface area contributed by atoms with Crippen molar-refractivity contribution in [2.75, 3.05) is 6.61 Å². The van der Waals surface area contributed by atoms with Crippen LogP contribution in [0.1, 0.15) is 25.5 Å². The molecular formula is C11H17NO. The van der Waals surface area contributed by atoms with Crippen molar-refractivity contribution >= 4 is 0 Å². The lowest BCUT2D eigenvalue weighted by atomic mass is 10.1. The lowest BCUT2D eigenvalue weighted by Gasteiger charge is -2.19. The molecule has 0 aliphatic carbocycles. The summed E-state index contributed by atoms with van der Waals surface area (Å²) in [6, 6.07) is 10.4. The molecule has 2 N–H and O–H groups in total. The van der Waals surface area contributed by atoms with Gasteiger partial charge < -0.3 is 10.4 Å². The van der Waals surface area contributed by atoms with E-state index in [1.165, 1.54) is 0 Å². The van der Waals surface area contributed by atoms with E-state index in [1.807, 2.05) is 30.3 Å². The first-order chi connectivity index (χ1) is 6.24.